The Bertz CT molecular complexity index is 1410. The van der Waals surface area contributed by atoms with Gasteiger partial charge in [0.2, 0.25) is 11.8 Å². The van der Waals surface area contributed by atoms with Gasteiger partial charge in [-0.25, -0.2) is 0 Å². The van der Waals surface area contributed by atoms with Crippen LogP contribution in [0, 0.1) is 46.3 Å². The number of carbonyl (C=O) groups excluding carboxylic acids is 4. The fraction of sp³-hybridized carbons (Fsp3) is 0.902. The Hall–Kier alpha value is -1.75. The van der Waals surface area contributed by atoms with Gasteiger partial charge in [-0.1, -0.05) is 69.2 Å². The zero-order valence-electron chi connectivity index (χ0n) is 35.3. The van der Waals surface area contributed by atoms with Crippen molar-refractivity contribution in [3.63, 3.8) is 0 Å². The van der Waals surface area contributed by atoms with Gasteiger partial charge in [0.1, 0.15) is 0 Å². The largest absolute Gasteiger partial charge is 0.461 e. The normalized spacial score (nSPS) is 37.0. The summed E-state index contributed by atoms with van der Waals surface area (Å²) in [7, 11) is -0.673. The smallest absolute Gasteiger partial charge is 0.405 e. The standard InChI is InChI=1S/C21H36BNO4.C20H34BNO4/c1-8-12(2)19(25)23-14(4)16(24)9-13(3)22-26-18-11-15-10-17(20(15,5)6)21(18,7)27-22;1-11(2)18(24)22-13(4)15(23)8-12(3)21-25-17-10-14-9-16(19(14,5)6)20(17,7)26-21/h12-15,17-18H,8-11H2,1-7H3,(H,23,25);11-14,16-17H,8-10H2,1-7H3,(H,22,24)/t12?,13-,14?,15+,17+,18-,21+;12-,13?,14+,16+,17-,20+/m11/s1. The number of hydrogen-bond acceptors (Lipinski definition) is 8. The molecule has 0 aromatic rings. The summed E-state index contributed by atoms with van der Waals surface area (Å²) in [6.07, 6.45) is 6.31. The number of nitrogens with one attached hydrogen (secondary N) is 2. The van der Waals surface area contributed by atoms with Crippen LogP contribution in [0.2, 0.25) is 11.6 Å². The van der Waals surface area contributed by atoms with Crippen LogP contribution in [0.3, 0.4) is 0 Å². The van der Waals surface area contributed by atoms with Gasteiger partial charge in [-0.15, -0.1) is 0 Å². The van der Waals surface area contributed by atoms with E-state index in [1.165, 1.54) is 12.8 Å². The summed E-state index contributed by atoms with van der Waals surface area (Å²) in [5, 5.41) is 5.62. The molecule has 0 spiro atoms. The SMILES string of the molecule is CC(C)C(=O)NC(C)C(=O)C[C@@H](C)B1O[C@@H]2C[C@@H]3C[C@@H](C3(C)C)[C@]2(C)O1.CCC(C)C(=O)NC(C)C(=O)C[C@@H](C)B1O[C@@H]2C[C@@H]3C[C@@H](C3(C)C)[C@]2(C)O1. The lowest BCUT2D eigenvalue weighted by atomic mass is 9.43. The van der Waals surface area contributed by atoms with Crippen LogP contribution in [0.15, 0.2) is 0 Å². The van der Waals surface area contributed by atoms with Crippen molar-refractivity contribution in [3.8, 4) is 0 Å². The minimum Gasteiger partial charge on any atom is -0.405 e. The molecular formula is C41H70B2N2O8. The molecule has 8 rings (SSSR count). The van der Waals surface area contributed by atoms with Crippen LogP contribution in [-0.2, 0) is 37.8 Å². The Morgan fingerprint density at radius 2 is 1.00 bits per heavy atom. The molecule has 6 aliphatic carbocycles. The Morgan fingerprint density at radius 1 is 0.623 bits per heavy atom. The second-order valence-corrected chi connectivity index (χ2v) is 19.9. The number of amides is 2. The predicted octanol–water partition coefficient (Wildman–Crippen LogP) is 6.84. The number of rotatable bonds is 13. The Kier molecular flexibility index (Phi) is 12.2. The highest BCUT2D eigenvalue weighted by molar-refractivity contribution is 6.48. The van der Waals surface area contributed by atoms with Gasteiger partial charge in [0.25, 0.3) is 0 Å². The second kappa shape index (κ2) is 15.3. The summed E-state index contributed by atoms with van der Waals surface area (Å²) < 4.78 is 25.4. The van der Waals surface area contributed by atoms with Gasteiger partial charge in [0, 0.05) is 24.7 Å². The number of Topliss-reactive ketones (excluding diaryl/α,β-unsaturated/α-hetero) is 2. The van der Waals surface area contributed by atoms with E-state index in [1.807, 2.05) is 41.5 Å². The second-order valence-electron chi connectivity index (χ2n) is 19.9. The summed E-state index contributed by atoms with van der Waals surface area (Å²) in [5.41, 5.74) is 0.157. The third-order valence-corrected chi connectivity index (χ3v) is 15.2. The summed E-state index contributed by atoms with van der Waals surface area (Å²) in [6.45, 7) is 28.8. The highest BCUT2D eigenvalue weighted by atomic mass is 16.7. The van der Waals surface area contributed by atoms with E-state index in [0.29, 0.717) is 35.5 Å². The van der Waals surface area contributed by atoms with E-state index in [0.717, 1.165) is 31.1 Å². The maximum atomic E-state index is 12.6. The fourth-order valence-corrected chi connectivity index (χ4v) is 10.6. The first-order valence-electron chi connectivity index (χ1n) is 20.8. The van der Waals surface area contributed by atoms with E-state index >= 15 is 0 Å². The van der Waals surface area contributed by atoms with Gasteiger partial charge >= 0.3 is 14.2 Å². The predicted molar refractivity (Wildman–Crippen MR) is 208 cm³/mol. The molecule has 6 saturated carbocycles. The summed E-state index contributed by atoms with van der Waals surface area (Å²) >= 11 is 0. The first kappa shape index (κ1) is 42.4. The third-order valence-electron chi connectivity index (χ3n) is 15.2. The highest BCUT2D eigenvalue weighted by Crippen LogP contribution is 2.67. The van der Waals surface area contributed by atoms with Crippen molar-refractivity contribution in [2.45, 2.75) is 189 Å². The van der Waals surface area contributed by atoms with E-state index in [2.05, 4.69) is 52.2 Å². The van der Waals surface area contributed by atoms with Crippen molar-refractivity contribution >= 4 is 37.6 Å². The van der Waals surface area contributed by atoms with Crippen molar-refractivity contribution < 1.29 is 37.8 Å². The molecule has 2 amide bonds. The van der Waals surface area contributed by atoms with Crippen molar-refractivity contribution in [1.29, 1.82) is 0 Å². The van der Waals surface area contributed by atoms with Gasteiger partial charge < -0.3 is 29.3 Å². The highest BCUT2D eigenvalue weighted by Gasteiger charge is 2.69. The van der Waals surface area contributed by atoms with Crippen molar-refractivity contribution in [2.24, 2.45) is 46.3 Å². The number of ketones is 2. The quantitative estimate of drug-likeness (QED) is 0.197. The molecule has 4 bridgehead atoms. The maximum absolute atomic E-state index is 12.6. The van der Waals surface area contributed by atoms with Crippen LogP contribution in [0.5, 0.6) is 0 Å². The zero-order valence-corrected chi connectivity index (χ0v) is 35.3. The molecule has 8 fully saturated rings. The number of carbonyl (C=O) groups is 4. The van der Waals surface area contributed by atoms with Gasteiger partial charge in [-0.05, 0) is 106 Å². The molecule has 2 aliphatic heterocycles. The summed E-state index contributed by atoms with van der Waals surface area (Å²) in [4.78, 5) is 48.9. The van der Waals surface area contributed by atoms with E-state index < -0.39 is 12.1 Å². The molecule has 0 aromatic carbocycles. The lowest BCUT2D eigenvalue weighted by molar-refractivity contribution is -0.199. The third kappa shape index (κ3) is 7.83. The van der Waals surface area contributed by atoms with Gasteiger partial charge in [-0.3, -0.25) is 19.2 Å². The molecule has 298 valence electrons. The molecular weight excluding hydrogens is 670 g/mol. The molecule has 0 aromatic heterocycles. The first-order chi connectivity index (χ1) is 24.5. The van der Waals surface area contributed by atoms with E-state index in [4.69, 9.17) is 18.6 Å². The van der Waals surface area contributed by atoms with Gasteiger partial charge in [0.05, 0.1) is 35.5 Å². The molecule has 10 nitrogen and oxygen atoms in total. The van der Waals surface area contributed by atoms with Crippen LogP contribution < -0.4 is 10.6 Å². The molecule has 2 N–H and O–H groups in total. The Morgan fingerprint density at radius 3 is 1.34 bits per heavy atom. The van der Waals surface area contributed by atoms with Gasteiger partial charge in [-0.2, -0.15) is 0 Å². The molecule has 0 radical (unpaired) electrons. The van der Waals surface area contributed by atoms with Crippen LogP contribution in [-0.4, -0.2) is 73.1 Å². The van der Waals surface area contributed by atoms with Crippen molar-refractivity contribution in [3.05, 3.63) is 0 Å². The molecule has 8 aliphatic rings. The zero-order chi connectivity index (χ0) is 39.6. The molecule has 3 unspecified atom stereocenters. The van der Waals surface area contributed by atoms with E-state index in [-0.39, 0.29) is 84.5 Å². The van der Waals surface area contributed by atoms with Crippen molar-refractivity contribution in [2.75, 3.05) is 0 Å². The summed E-state index contributed by atoms with van der Waals surface area (Å²) in [5.74, 6) is 2.16. The summed E-state index contributed by atoms with van der Waals surface area (Å²) in [6, 6.07) is -0.946. The minimum atomic E-state index is -0.474. The number of hydrogen-bond donors (Lipinski definition) is 2. The maximum Gasteiger partial charge on any atom is 0.461 e. The Labute approximate surface area is 320 Å². The van der Waals surface area contributed by atoms with E-state index in [9.17, 15) is 19.2 Å². The van der Waals surface area contributed by atoms with Crippen LogP contribution in [0.25, 0.3) is 0 Å². The lowest BCUT2D eigenvalue weighted by Gasteiger charge is -2.64. The minimum absolute atomic E-state index is 0.0244. The van der Waals surface area contributed by atoms with Crippen molar-refractivity contribution in [1.82, 2.24) is 10.6 Å². The van der Waals surface area contributed by atoms with Crippen LogP contribution in [0.1, 0.15) is 142 Å². The Balaban J connectivity index is 0.000000204. The van der Waals surface area contributed by atoms with E-state index in [1.54, 1.807) is 13.8 Å². The molecule has 12 heteroatoms. The molecule has 2 heterocycles. The average Bonchev–Trinajstić information content (AvgIpc) is 3.64. The molecule has 2 saturated heterocycles. The molecule has 13 atom stereocenters. The monoisotopic (exact) mass is 741 g/mol. The average molecular weight is 741 g/mol. The topological polar surface area (TPSA) is 129 Å². The molecule has 53 heavy (non-hydrogen) atoms. The van der Waals surface area contributed by atoms with Crippen LogP contribution in [0.4, 0.5) is 0 Å². The fourth-order valence-electron chi connectivity index (χ4n) is 10.6. The first-order valence-corrected chi connectivity index (χ1v) is 20.8. The van der Waals surface area contributed by atoms with Gasteiger partial charge in [0.15, 0.2) is 11.6 Å². The van der Waals surface area contributed by atoms with Crippen LogP contribution >= 0.6 is 0 Å². The lowest BCUT2D eigenvalue weighted by Crippen LogP contribution is -2.65.